The second-order valence-electron chi connectivity index (χ2n) is 6.14. The highest BCUT2D eigenvalue weighted by atomic mass is 16.7. The number of rotatable bonds is 8. The van der Waals surface area contributed by atoms with Gasteiger partial charge in [0, 0.05) is 11.8 Å². The molecule has 0 spiro atoms. The number of aromatic nitrogens is 2. The number of nitro groups is 1. The molecule has 4 rings (SSSR count). The summed E-state index contributed by atoms with van der Waals surface area (Å²) >= 11 is 0. The Balaban J connectivity index is 1.44. The Kier molecular flexibility index (Phi) is 5.60. The van der Waals surface area contributed by atoms with E-state index in [1.54, 1.807) is 42.5 Å². The van der Waals surface area contributed by atoms with Crippen molar-refractivity contribution in [2.24, 2.45) is 0 Å². The Bertz CT molecular complexity index is 1110. The molecule has 0 bridgehead atoms. The number of fused-ring (bicyclic) bond motifs is 1. The normalized spacial score (nSPS) is 11.5. The zero-order valence-corrected chi connectivity index (χ0v) is 15.9. The highest BCUT2D eigenvalue weighted by Crippen LogP contribution is 2.36. The lowest BCUT2D eigenvalue weighted by atomic mass is 10.2. The number of carbonyl (C=O) groups excluding carboxylic acids is 1. The number of hydrazine groups is 1. The van der Waals surface area contributed by atoms with Crippen LogP contribution in [0, 0.1) is 10.1 Å². The van der Waals surface area contributed by atoms with Crippen LogP contribution in [0.15, 0.2) is 54.9 Å². The third-order valence-electron chi connectivity index (χ3n) is 4.07. The van der Waals surface area contributed by atoms with Gasteiger partial charge in [-0.15, -0.1) is 0 Å². The fourth-order valence-electron chi connectivity index (χ4n) is 2.68. The summed E-state index contributed by atoms with van der Waals surface area (Å²) in [5.41, 5.74) is 4.80. The summed E-state index contributed by atoms with van der Waals surface area (Å²) in [6.45, 7) is -0.188. The number of benzene rings is 2. The van der Waals surface area contributed by atoms with Gasteiger partial charge in [0.2, 0.25) is 18.4 Å². The molecule has 0 atom stereocenters. The summed E-state index contributed by atoms with van der Waals surface area (Å²) in [5.74, 6) is 0.770. The van der Waals surface area contributed by atoms with Crippen LogP contribution in [0.2, 0.25) is 0 Å². The number of hydrogen-bond donors (Lipinski definition) is 3. The summed E-state index contributed by atoms with van der Waals surface area (Å²) in [5, 5.41) is 14.5. The molecule has 0 aliphatic carbocycles. The number of amides is 1. The third kappa shape index (κ3) is 4.70. The van der Waals surface area contributed by atoms with Crippen LogP contribution in [0.4, 0.5) is 23.0 Å². The van der Waals surface area contributed by atoms with E-state index in [2.05, 4.69) is 26.1 Å². The van der Waals surface area contributed by atoms with Crippen LogP contribution in [0.25, 0.3) is 0 Å². The number of carbonyl (C=O) groups is 1. The molecule has 1 aliphatic heterocycles. The first-order valence-corrected chi connectivity index (χ1v) is 8.99. The molecule has 1 aromatic heterocycles. The zero-order valence-electron chi connectivity index (χ0n) is 15.9. The van der Waals surface area contributed by atoms with Crippen LogP contribution in [-0.2, 0) is 4.79 Å². The molecule has 2 aromatic carbocycles. The number of anilines is 3. The lowest BCUT2D eigenvalue weighted by Crippen LogP contribution is -2.34. The monoisotopic (exact) mass is 424 g/mol. The zero-order chi connectivity index (χ0) is 21.6. The minimum atomic E-state index is -0.662. The highest BCUT2D eigenvalue weighted by molar-refractivity contribution is 5.81. The minimum Gasteiger partial charge on any atom is -0.484 e. The third-order valence-corrected chi connectivity index (χ3v) is 4.07. The van der Waals surface area contributed by atoms with Gasteiger partial charge in [-0.3, -0.25) is 25.8 Å². The molecule has 1 amide bonds. The van der Waals surface area contributed by atoms with Crippen LogP contribution in [-0.4, -0.2) is 34.2 Å². The van der Waals surface area contributed by atoms with Crippen molar-refractivity contribution in [3.05, 3.63) is 65.0 Å². The molecule has 158 valence electrons. The molecule has 3 N–H and O–H groups in total. The van der Waals surface area contributed by atoms with E-state index < -0.39 is 16.5 Å². The van der Waals surface area contributed by atoms with E-state index in [1.165, 1.54) is 0 Å². The first kappa shape index (κ1) is 19.7. The van der Waals surface area contributed by atoms with Gasteiger partial charge in [-0.2, -0.15) is 0 Å². The Labute approximate surface area is 175 Å². The largest absolute Gasteiger partial charge is 0.484 e. The maximum Gasteiger partial charge on any atom is 0.355 e. The van der Waals surface area contributed by atoms with Gasteiger partial charge in [0.25, 0.3) is 5.91 Å². The second-order valence-corrected chi connectivity index (χ2v) is 6.14. The van der Waals surface area contributed by atoms with Crippen LogP contribution in [0.5, 0.6) is 17.2 Å². The average Bonchev–Trinajstić information content (AvgIpc) is 3.25. The van der Waals surface area contributed by atoms with Crippen molar-refractivity contribution >= 4 is 28.9 Å². The van der Waals surface area contributed by atoms with Gasteiger partial charge in [-0.05, 0) is 24.3 Å². The van der Waals surface area contributed by atoms with Gasteiger partial charge in [-0.1, -0.05) is 18.2 Å². The van der Waals surface area contributed by atoms with Crippen LogP contribution < -0.4 is 30.4 Å². The van der Waals surface area contributed by atoms with Crippen LogP contribution >= 0.6 is 0 Å². The van der Waals surface area contributed by atoms with Gasteiger partial charge in [-0.25, -0.2) is 9.97 Å². The summed E-state index contributed by atoms with van der Waals surface area (Å²) in [6, 6.07) is 13.7. The quantitative estimate of drug-likeness (QED) is 0.363. The second kappa shape index (κ2) is 8.82. The smallest absolute Gasteiger partial charge is 0.355 e. The predicted molar refractivity (Wildman–Crippen MR) is 108 cm³/mol. The van der Waals surface area contributed by atoms with E-state index in [0.717, 1.165) is 6.33 Å². The van der Waals surface area contributed by atoms with E-state index in [0.29, 0.717) is 22.9 Å². The maximum absolute atomic E-state index is 12.0. The molecule has 2 heterocycles. The lowest BCUT2D eigenvalue weighted by Gasteiger charge is -2.11. The van der Waals surface area contributed by atoms with E-state index >= 15 is 0 Å². The van der Waals surface area contributed by atoms with Gasteiger partial charge in [0.1, 0.15) is 12.1 Å². The van der Waals surface area contributed by atoms with E-state index in [4.69, 9.17) is 14.2 Å². The number of ether oxygens (including phenoxy) is 3. The summed E-state index contributed by atoms with van der Waals surface area (Å²) in [6.07, 6.45) is 1.12. The van der Waals surface area contributed by atoms with Crippen molar-refractivity contribution in [2.75, 3.05) is 24.1 Å². The molecule has 0 unspecified atom stereocenters. The Morgan fingerprint density at radius 2 is 1.87 bits per heavy atom. The fraction of sp³-hybridized carbons (Fsp3) is 0.105. The van der Waals surface area contributed by atoms with Crippen molar-refractivity contribution in [1.29, 1.82) is 0 Å². The van der Waals surface area contributed by atoms with Gasteiger partial charge in [0.15, 0.2) is 18.1 Å². The summed E-state index contributed by atoms with van der Waals surface area (Å²) in [4.78, 5) is 30.8. The molecular formula is C19H16N6O6. The first-order chi connectivity index (χ1) is 15.1. The molecule has 0 saturated heterocycles. The van der Waals surface area contributed by atoms with E-state index in [9.17, 15) is 14.9 Å². The Morgan fingerprint density at radius 3 is 2.68 bits per heavy atom. The number of nitrogens with zero attached hydrogens (tertiary/aromatic N) is 3. The molecule has 0 saturated carbocycles. The SMILES string of the molecule is O=C(COc1ccccc1)NNc1ncnc(Nc2ccc3c(c2)OCO3)c1[N+](=O)[O-]. The number of hydrogen-bond acceptors (Lipinski definition) is 10. The molecule has 12 heteroatoms. The molecular weight excluding hydrogens is 408 g/mol. The minimum absolute atomic E-state index is 0.0730. The number of para-hydroxylation sites is 1. The summed E-state index contributed by atoms with van der Waals surface area (Å²) < 4.78 is 15.9. The van der Waals surface area contributed by atoms with Gasteiger partial charge >= 0.3 is 5.69 Å². The first-order valence-electron chi connectivity index (χ1n) is 8.99. The van der Waals surface area contributed by atoms with E-state index in [1.807, 2.05) is 6.07 Å². The molecule has 0 radical (unpaired) electrons. The van der Waals surface area contributed by atoms with Gasteiger partial charge < -0.3 is 19.5 Å². The average molecular weight is 424 g/mol. The predicted octanol–water partition coefficient (Wildman–Crippen LogP) is 2.38. The van der Waals surface area contributed by atoms with E-state index in [-0.39, 0.29) is 25.0 Å². The maximum atomic E-state index is 12.0. The fourth-order valence-corrected chi connectivity index (χ4v) is 2.68. The van der Waals surface area contributed by atoms with Crippen molar-refractivity contribution in [3.63, 3.8) is 0 Å². The molecule has 12 nitrogen and oxygen atoms in total. The van der Waals surface area contributed by atoms with Crippen LogP contribution in [0.1, 0.15) is 0 Å². The van der Waals surface area contributed by atoms with Crippen molar-refractivity contribution < 1.29 is 23.9 Å². The lowest BCUT2D eigenvalue weighted by molar-refractivity contribution is -0.383. The van der Waals surface area contributed by atoms with Crippen molar-refractivity contribution in [3.8, 4) is 17.2 Å². The van der Waals surface area contributed by atoms with Crippen molar-refractivity contribution in [1.82, 2.24) is 15.4 Å². The van der Waals surface area contributed by atoms with Crippen LogP contribution in [0.3, 0.4) is 0 Å². The standard InChI is InChI=1S/C19H16N6O6/c26-16(9-29-13-4-2-1-3-5-13)23-24-19-17(25(27)28)18(20-10-21-19)22-12-6-7-14-15(8-12)31-11-30-14/h1-8,10H,9,11H2,(H,23,26)(H2,20,21,22,24). The molecule has 1 aliphatic rings. The Hall–Kier alpha value is -4.61. The van der Waals surface area contributed by atoms with Gasteiger partial charge in [0.05, 0.1) is 4.92 Å². The molecule has 0 fully saturated rings. The summed E-state index contributed by atoms with van der Waals surface area (Å²) in [7, 11) is 0. The molecule has 31 heavy (non-hydrogen) atoms. The molecule has 3 aromatic rings. The highest BCUT2D eigenvalue weighted by Gasteiger charge is 2.24. The van der Waals surface area contributed by atoms with Crippen molar-refractivity contribution in [2.45, 2.75) is 0 Å². The number of nitrogens with one attached hydrogen (secondary N) is 3. The Morgan fingerprint density at radius 1 is 1.10 bits per heavy atom. The topological polar surface area (TPSA) is 150 Å².